The summed E-state index contributed by atoms with van der Waals surface area (Å²) in [4.78, 5) is 4.31. The van der Waals surface area contributed by atoms with Gasteiger partial charge in [0.05, 0.1) is 27.2 Å². The lowest BCUT2D eigenvalue weighted by molar-refractivity contribution is 0.574. The van der Waals surface area contributed by atoms with Crippen molar-refractivity contribution in [1.82, 2.24) is 4.98 Å². The summed E-state index contributed by atoms with van der Waals surface area (Å²) < 4.78 is 55.1. The molecule has 0 radical (unpaired) electrons. The minimum Gasteiger partial charge on any atom is -0.280 e. The van der Waals surface area contributed by atoms with Gasteiger partial charge in [-0.05, 0) is 60.7 Å². The molecule has 1 saturated heterocycles. The minimum absolute atomic E-state index is 0.0523. The SMILES string of the molecule is O=S(=O)(Nc1ccc(Cl)c(-c2nccc3ccccc23)c1)c1ccc(N2CCCCS2(=O)=O)cc1Cl. The van der Waals surface area contributed by atoms with Crippen LogP contribution in [-0.2, 0) is 20.0 Å². The van der Waals surface area contributed by atoms with E-state index in [1.165, 1.54) is 22.5 Å². The molecule has 4 aromatic rings. The number of benzene rings is 3. The topological polar surface area (TPSA) is 96.4 Å². The van der Waals surface area contributed by atoms with Crippen LogP contribution in [0.25, 0.3) is 22.0 Å². The van der Waals surface area contributed by atoms with Crippen molar-refractivity contribution in [1.29, 1.82) is 0 Å². The van der Waals surface area contributed by atoms with E-state index >= 15 is 0 Å². The Morgan fingerprint density at radius 1 is 0.917 bits per heavy atom. The lowest BCUT2D eigenvalue weighted by atomic mass is 10.0. The Bertz CT molecular complexity index is 1690. The molecule has 0 saturated carbocycles. The second-order valence-corrected chi connectivity index (χ2v) is 12.9. The van der Waals surface area contributed by atoms with Gasteiger partial charge in [-0.3, -0.25) is 14.0 Å². The van der Waals surface area contributed by atoms with Crippen LogP contribution in [-0.4, -0.2) is 34.1 Å². The first kappa shape index (κ1) is 24.8. The number of aromatic nitrogens is 1. The maximum absolute atomic E-state index is 13.2. The number of rotatable bonds is 5. The number of pyridine rings is 1. The standard InChI is InChI=1S/C25H21Cl2N3O4S2/c26-22-9-7-18(15-21(22)25-20-6-2-1-5-17(20)11-12-28-25)29-36(33,34)24-10-8-19(16-23(24)27)30-13-3-4-14-35(30,31)32/h1-2,5-12,15-16,29H,3-4,13-14H2. The summed E-state index contributed by atoms with van der Waals surface area (Å²) in [5.41, 5.74) is 1.83. The van der Waals surface area contributed by atoms with Gasteiger partial charge >= 0.3 is 0 Å². The van der Waals surface area contributed by atoms with Crippen LogP contribution >= 0.6 is 23.2 Å². The van der Waals surface area contributed by atoms with E-state index in [0.29, 0.717) is 34.9 Å². The number of hydrogen-bond donors (Lipinski definition) is 1. The smallest absolute Gasteiger partial charge is 0.263 e. The van der Waals surface area contributed by atoms with Crippen molar-refractivity contribution < 1.29 is 16.8 Å². The fourth-order valence-electron chi connectivity index (χ4n) is 4.26. The van der Waals surface area contributed by atoms with Gasteiger partial charge in [-0.25, -0.2) is 16.8 Å². The molecule has 2 heterocycles. The van der Waals surface area contributed by atoms with E-state index in [4.69, 9.17) is 23.2 Å². The molecule has 1 aliphatic rings. The van der Waals surface area contributed by atoms with Crippen molar-refractivity contribution in [3.05, 3.63) is 83.0 Å². The van der Waals surface area contributed by atoms with E-state index < -0.39 is 20.0 Å². The maximum atomic E-state index is 13.2. The van der Waals surface area contributed by atoms with Crippen molar-refractivity contribution in [2.24, 2.45) is 0 Å². The maximum Gasteiger partial charge on any atom is 0.263 e. The molecule has 0 aliphatic carbocycles. The molecule has 36 heavy (non-hydrogen) atoms. The normalized spacial score (nSPS) is 15.7. The molecule has 1 fully saturated rings. The number of nitrogens with zero attached hydrogens (tertiary/aromatic N) is 2. The highest BCUT2D eigenvalue weighted by atomic mass is 35.5. The van der Waals surface area contributed by atoms with Crippen LogP contribution in [0, 0.1) is 0 Å². The van der Waals surface area contributed by atoms with Crippen molar-refractivity contribution in [3.8, 4) is 11.3 Å². The van der Waals surface area contributed by atoms with Crippen LogP contribution in [0.15, 0.2) is 77.8 Å². The summed E-state index contributed by atoms with van der Waals surface area (Å²) in [6.45, 7) is 0.332. The second-order valence-electron chi connectivity index (χ2n) is 8.39. The lowest BCUT2D eigenvalue weighted by Gasteiger charge is -2.28. The van der Waals surface area contributed by atoms with Gasteiger partial charge in [0.2, 0.25) is 10.0 Å². The van der Waals surface area contributed by atoms with Crippen LogP contribution in [0.2, 0.25) is 10.0 Å². The largest absolute Gasteiger partial charge is 0.280 e. The lowest BCUT2D eigenvalue weighted by Crippen LogP contribution is -2.37. The van der Waals surface area contributed by atoms with Gasteiger partial charge in [0, 0.05) is 29.4 Å². The van der Waals surface area contributed by atoms with E-state index in [9.17, 15) is 16.8 Å². The first-order valence-corrected chi connectivity index (χ1v) is 15.0. The first-order valence-electron chi connectivity index (χ1n) is 11.1. The highest BCUT2D eigenvalue weighted by Crippen LogP contribution is 2.35. The minimum atomic E-state index is -4.09. The number of hydrogen-bond acceptors (Lipinski definition) is 5. The summed E-state index contributed by atoms with van der Waals surface area (Å²) in [7, 11) is -7.54. The first-order chi connectivity index (χ1) is 17.2. The Hall–Kier alpha value is -2.85. The monoisotopic (exact) mass is 561 g/mol. The summed E-state index contributed by atoms with van der Waals surface area (Å²) in [6, 6.07) is 18.5. The number of sulfonamides is 2. The average molecular weight is 563 g/mol. The molecule has 186 valence electrons. The zero-order valence-electron chi connectivity index (χ0n) is 18.9. The van der Waals surface area contributed by atoms with Gasteiger partial charge in [0.25, 0.3) is 10.0 Å². The Labute approximate surface area is 219 Å². The number of nitrogens with one attached hydrogen (secondary N) is 1. The summed E-state index contributed by atoms with van der Waals surface area (Å²) >= 11 is 12.8. The fraction of sp³-hybridized carbons (Fsp3) is 0.160. The Morgan fingerprint density at radius 2 is 1.72 bits per heavy atom. The van der Waals surface area contributed by atoms with E-state index in [1.807, 2.05) is 30.3 Å². The quantitative estimate of drug-likeness (QED) is 0.325. The van der Waals surface area contributed by atoms with Gasteiger partial charge in [-0.1, -0.05) is 47.5 Å². The summed E-state index contributed by atoms with van der Waals surface area (Å²) in [5.74, 6) is 0.0523. The molecular weight excluding hydrogens is 541 g/mol. The van der Waals surface area contributed by atoms with E-state index in [-0.39, 0.29) is 21.4 Å². The zero-order chi connectivity index (χ0) is 25.5. The highest BCUT2D eigenvalue weighted by Gasteiger charge is 2.28. The highest BCUT2D eigenvalue weighted by molar-refractivity contribution is 7.93. The summed E-state index contributed by atoms with van der Waals surface area (Å²) in [6.07, 6.45) is 3.00. The third kappa shape index (κ3) is 4.76. The molecular formula is C25H21Cl2N3O4S2. The van der Waals surface area contributed by atoms with Crippen LogP contribution in [0.3, 0.4) is 0 Å². The van der Waals surface area contributed by atoms with E-state index in [1.54, 1.807) is 24.4 Å². The van der Waals surface area contributed by atoms with Crippen molar-refractivity contribution in [2.75, 3.05) is 21.3 Å². The molecule has 11 heteroatoms. The molecule has 7 nitrogen and oxygen atoms in total. The van der Waals surface area contributed by atoms with Gasteiger partial charge in [-0.15, -0.1) is 0 Å². The van der Waals surface area contributed by atoms with Crippen LogP contribution < -0.4 is 9.03 Å². The van der Waals surface area contributed by atoms with Crippen molar-refractivity contribution in [2.45, 2.75) is 17.7 Å². The molecule has 3 aromatic carbocycles. The number of anilines is 2. The predicted molar refractivity (Wildman–Crippen MR) is 145 cm³/mol. The van der Waals surface area contributed by atoms with Crippen LogP contribution in [0.1, 0.15) is 12.8 Å². The molecule has 1 aromatic heterocycles. The molecule has 1 aliphatic heterocycles. The molecule has 0 spiro atoms. The fourth-order valence-corrected chi connectivity index (χ4v) is 7.68. The molecule has 1 N–H and O–H groups in total. The Morgan fingerprint density at radius 3 is 2.50 bits per heavy atom. The number of halogens is 2. The van der Waals surface area contributed by atoms with Crippen molar-refractivity contribution in [3.63, 3.8) is 0 Å². The van der Waals surface area contributed by atoms with Gasteiger partial charge in [0.15, 0.2) is 0 Å². The Kier molecular flexibility index (Phi) is 6.59. The molecule has 5 rings (SSSR count). The predicted octanol–water partition coefficient (Wildman–Crippen LogP) is 5.94. The summed E-state index contributed by atoms with van der Waals surface area (Å²) in [5, 5.41) is 2.21. The van der Waals surface area contributed by atoms with Gasteiger partial charge < -0.3 is 0 Å². The number of fused-ring (bicyclic) bond motifs is 1. The molecule has 0 atom stereocenters. The molecule has 0 bridgehead atoms. The van der Waals surface area contributed by atoms with E-state index in [2.05, 4.69) is 9.71 Å². The third-order valence-electron chi connectivity index (χ3n) is 5.99. The average Bonchev–Trinajstić information content (AvgIpc) is 2.84. The van der Waals surface area contributed by atoms with Crippen LogP contribution in [0.5, 0.6) is 0 Å². The van der Waals surface area contributed by atoms with Gasteiger partial charge in [0.1, 0.15) is 4.90 Å². The third-order valence-corrected chi connectivity index (χ3v) is 10.1. The molecule has 0 amide bonds. The van der Waals surface area contributed by atoms with E-state index in [0.717, 1.165) is 17.2 Å². The Balaban J connectivity index is 1.48. The second kappa shape index (κ2) is 9.55. The zero-order valence-corrected chi connectivity index (χ0v) is 22.0. The molecule has 0 unspecified atom stereocenters. The van der Waals surface area contributed by atoms with Crippen LogP contribution in [0.4, 0.5) is 11.4 Å². The van der Waals surface area contributed by atoms with Gasteiger partial charge in [-0.2, -0.15) is 0 Å². The van der Waals surface area contributed by atoms with Crippen molar-refractivity contribution >= 4 is 65.4 Å².